The first-order valence-corrected chi connectivity index (χ1v) is 9.13. The third kappa shape index (κ3) is 4.37. The lowest BCUT2D eigenvalue weighted by atomic mass is 9.86. The lowest BCUT2D eigenvalue weighted by Crippen LogP contribution is -2.37. The Morgan fingerprint density at radius 1 is 1.21 bits per heavy atom. The topological polar surface area (TPSA) is 55.4 Å². The second-order valence-corrected chi connectivity index (χ2v) is 7.30. The van der Waals surface area contributed by atoms with E-state index in [4.69, 9.17) is 4.74 Å². The number of hydrogen-bond acceptors (Lipinski definition) is 3. The predicted molar refractivity (Wildman–Crippen MR) is 92.3 cm³/mol. The maximum Gasteiger partial charge on any atom is 0.306 e. The average molecular weight is 329 g/mol. The lowest BCUT2D eigenvalue weighted by molar-refractivity contribution is -0.156. The van der Waals surface area contributed by atoms with Crippen molar-refractivity contribution in [2.45, 2.75) is 51.6 Å². The van der Waals surface area contributed by atoms with Crippen molar-refractivity contribution >= 4 is 11.9 Å². The summed E-state index contributed by atoms with van der Waals surface area (Å²) in [4.78, 5) is 24.1. The maximum absolute atomic E-state index is 12.1. The van der Waals surface area contributed by atoms with Crippen LogP contribution >= 0.6 is 0 Å². The average Bonchev–Trinajstić information content (AvgIpc) is 3.18. The summed E-state index contributed by atoms with van der Waals surface area (Å²) in [5.74, 6) is 1.57. The smallest absolute Gasteiger partial charge is 0.306 e. The molecule has 0 radical (unpaired) electrons. The van der Waals surface area contributed by atoms with Crippen molar-refractivity contribution in [2.75, 3.05) is 6.54 Å². The molecule has 0 saturated heterocycles. The maximum atomic E-state index is 12.1. The van der Waals surface area contributed by atoms with Crippen LogP contribution in [0.25, 0.3) is 0 Å². The predicted octanol–water partition coefficient (Wildman–Crippen LogP) is 3.10. The van der Waals surface area contributed by atoms with Crippen molar-refractivity contribution < 1.29 is 14.3 Å². The molecule has 4 nitrogen and oxygen atoms in total. The standard InChI is InChI=1S/C20H27NO3/c1-14(20(23)21-10-9-15-5-3-2-4-6-15)24-19(22)13-18-12-16-7-8-17(18)11-16/h2-6,14,16-18H,7-13H2,1H3,(H,21,23). The van der Waals surface area contributed by atoms with Crippen LogP contribution in [0, 0.1) is 17.8 Å². The van der Waals surface area contributed by atoms with E-state index in [-0.39, 0.29) is 11.9 Å². The van der Waals surface area contributed by atoms with Crippen molar-refractivity contribution in [1.29, 1.82) is 0 Å². The fourth-order valence-electron chi connectivity index (χ4n) is 4.26. The van der Waals surface area contributed by atoms with Gasteiger partial charge in [0, 0.05) is 13.0 Å². The minimum absolute atomic E-state index is 0.216. The molecule has 4 atom stereocenters. The molecule has 130 valence electrons. The van der Waals surface area contributed by atoms with Gasteiger partial charge in [-0.3, -0.25) is 9.59 Å². The molecule has 1 N–H and O–H groups in total. The molecule has 1 amide bonds. The monoisotopic (exact) mass is 329 g/mol. The van der Waals surface area contributed by atoms with Crippen molar-refractivity contribution in [1.82, 2.24) is 5.32 Å². The minimum Gasteiger partial charge on any atom is -0.453 e. The number of carbonyl (C=O) groups is 2. The van der Waals surface area contributed by atoms with E-state index in [1.54, 1.807) is 6.92 Å². The fourth-order valence-corrected chi connectivity index (χ4v) is 4.26. The highest BCUT2D eigenvalue weighted by Crippen LogP contribution is 2.49. The van der Waals surface area contributed by atoms with Crippen LogP contribution in [0.5, 0.6) is 0 Å². The Balaban J connectivity index is 1.35. The summed E-state index contributed by atoms with van der Waals surface area (Å²) < 4.78 is 5.33. The molecule has 2 aliphatic rings. The fraction of sp³-hybridized carbons (Fsp3) is 0.600. The van der Waals surface area contributed by atoms with Gasteiger partial charge >= 0.3 is 5.97 Å². The van der Waals surface area contributed by atoms with Crippen LogP contribution in [0.3, 0.4) is 0 Å². The highest BCUT2D eigenvalue weighted by Gasteiger charge is 2.40. The molecule has 2 aliphatic carbocycles. The number of benzene rings is 1. The quantitative estimate of drug-likeness (QED) is 0.782. The van der Waals surface area contributed by atoms with E-state index in [1.807, 2.05) is 30.3 Å². The summed E-state index contributed by atoms with van der Waals surface area (Å²) >= 11 is 0. The number of ether oxygens (including phenoxy) is 1. The van der Waals surface area contributed by atoms with Gasteiger partial charge in [0.1, 0.15) is 0 Å². The number of amides is 1. The van der Waals surface area contributed by atoms with E-state index in [9.17, 15) is 9.59 Å². The van der Waals surface area contributed by atoms with Crippen molar-refractivity contribution in [3.8, 4) is 0 Å². The van der Waals surface area contributed by atoms with E-state index in [0.717, 1.165) is 18.8 Å². The molecule has 0 spiro atoms. The normalized spacial score (nSPS) is 26.1. The molecule has 2 fully saturated rings. The molecular weight excluding hydrogens is 302 g/mol. The van der Waals surface area contributed by atoms with Gasteiger partial charge in [-0.25, -0.2) is 0 Å². The molecule has 4 unspecified atom stereocenters. The number of nitrogens with one attached hydrogen (secondary N) is 1. The van der Waals surface area contributed by atoms with E-state index in [2.05, 4.69) is 5.32 Å². The molecule has 1 aromatic carbocycles. The highest BCUT2D eigenvalue weighted by atomic mass is 16.5. The van der Waals surface area contributed by atoms with Crippen LogP contribution in [-0.4, -0.2) is 24.5 Å². The third-order valence-corrected chi connectivity index (χ3v) is 5.55. The molecule has 24 heavy (non-hydrogen) atoms. The highest BCUT2D eigenvalue weighted by molar-refractivity contribution is 5.83. The van der Waals surface area contributed by atoms with Gasteiger partial charge in [-0.1, -0.05) is 36.8 Å². The first-order valence-electron chi connectivity index (χ1n) is 9.13. The molecule has 0 aromatic heterocycles. The zero-order valence-electron chi connectivity index (χ0n) is 14.4. The van der Waals surface area contributed by atoms with Gasteiger partial charge in [0.15, 0.2) is 6.10 Å². The molecular formula is C20H27NO3. The van der Waals surface area contributed by atoms with Crippen LogP contribution in [0.15, 0.2) is 30.3 Å². The molecule has 0 heterocycles. The zero-order chi connectivity index (χ0) is 16.9. The summed E-state index contributed by atoms with van der Waals surface area (Å²) in [6, 6.07) is 10.0. The Hall–Kier alpha value is -1.84. The largest absolute Gasteiger partial charge is 0.453 e. The Morgan fingerprint density at radius 3 is 2.67 bits per heavy atom. The van der Waals surface area contributed by atoms with Crippen LogP contribution in [-0.2, 0) is 20.7 Å². The molecule has 3 rings (SSSR count). The molecule has 4 heteroatoms. The Morgan fingerprint density at radius 2 is 2.00 bits per heavy atom. The van der Waals surface area contributed by atoms with Crippen molar-refractivity contribution in [3.63, 3.8) is 0 Å². The summed E-state index contributed by atoms with van der Waals surface area (Å²) in [7, 11) is 0. The Kier molecular flexibility index (Phi) is 5.54. The summed E-state index contributed by atoms with van der Waals surface area (Å²) in [5.41, 5.74) is 1.18. The van der Waals surface area contributed by atoms with Crippen LogP contribution in [0.2, 0.25) is 0 Å². The third-order valence-electron chi connectivity index (χ3n) is 5.55. The summed E-state index contributed by atoms with van der Waals surface area (Å²) in [5, 5.41) is 2.84. The van der Waals surface area contributed by atoms with Gasteiger partial charge in [0.2, 0.25) is 0 Å². The first kappa shape index (κ1) is 17.0. The van der Waals surface area contributed by atoms with Gasteiger partial charge in [0.25, 0.3) is 5.91 Å². The van der Waals surface area contributed by atoms with Crippen LogP contribution < -0.4 is 5.32 Å². The van der Waals surface area contributed by atoms with Gasteiger partial charge in [-0.2, -0.15) is 0 Å². The van der Waals surface area contributed by atoms with Crippen LogP contribution in [0.4, 0.5) is 0 Å². The number of esters is 1. The number of rotatable bonds is 7. The van der Waals surface area contributed by atoms with E-state index in [0.29, 0.717) is 24.8 Å². The minimum atomic E-state index is -0.716. The van der Waals surface area contributed by atoms with Crippen molar-refractivity contribution in [3.05, 3.63) is 35.9 Å². The first-order chi connectivity index (χ1) is 11.6. The van der Waals surface area contributed by atoms with Gasteiger partial charge < -0.3 is 10.1 Å². The second kappa shape index (κ2) is 7.82. The second-order valence-electron chi connectivity index (χ2n) is 7.30. The van der Waals surface area contributed by atoms with E-state index >= 15 is 0 Å². The Labute approximate surface area is 144 Å². The molecule has 0 aliphatic heterocycles. The summed E-state index contributed by atoms with van der Waals surface area (Å²) in [6.07, 6.45) is 5.58. The number of hydrogen-bond donors (Lipinski definition) is 1. The lowest BCUT2D eigenvalue weighted by Gasteiger charge is -2.21. The summed E-state index contributed by atoms with van der Waals surface area (Å²) in [6.45, 7) is 2.20. The van der Waals surface area contributed by atoms with Gasteiger partial charge in [-0.15, -0.1) is 0 Å². The number of carbonyl (C=O) groups excluding carboxylic acids is 2. The molecule has 2 saturated carbocycles. The number of fused-ring (bicyclic) bond motifs is 2. The van der Waals surface area contributed by atoms with E-state index in [1.165, 1.54) is 24.8 Å². The van der Waals surface area contributed by atoms with Gasteiger partial charge in [-0.05, 0) is 55.9 Å². The van der Waals surface area contributed by atoms with Crippen molar-refractivity contribution in [2.24, 2.45) is 17.8 Å². The molecule has 2 bridgehead atoms. The van der Waals surface area contributed by atoms with E-state index < -0.39 is 6.10 Å². The zero-order valence-corrected chi connectivity index (χ0v) is 14.4. The van der Waals surface area contributed by atoms with Crippen LogP contribution in [0.1, 0.15) is 44.6 Å². The molecule has 1 aromatic rings. The SMILES string of the molecule is CC(OC(=O)CC1CC2CCC1C2)C(=O)NCCc1ccccc1. The van der Waals surface area contributed by atoms with Gasteiger partial charge in [0.05, 0.1) is 0 Å². The Bertz CT molecular complexity index is 572.